The topological polar surface area (TPSA) is 86.5 Å². The van der Waals surface area contributed by atoms with Crippen LogP contribution in [0.25, 0.3) is 11.5 Å². The van der Waals surface area contributed by atoms with Gasteiger partial charge in [-0.2, -0.15) is 0 Å². The molecule has 0 aliphatic rings. The monoisotopic (exact) mass is 439 g/mol. The van der Waals surface area contributed by atoms with Gasteiger partial charge in [-0.1, -0.05) is 11.8 Å². The van der Waals surface area contributed by atoms with E-state index in [9.17, 15) is 18.0 Å². The van der Waals surface area contributed by atoms with E-state index < -0.39 is 34.3 Å². The van der Waals surface area contributed by atoms with Crippen molar-refractivity contribution in [1.82, 2.24) is 10.2 Å². The molecule has 1 atom stereocenters. The van der Waals surface area contributed by atoms with Gasteiger partial charge in [-0.3, -0.25) is 4.79 Å². The molecule has 0 bridgehead atoms. The molecule has 1 aromatic heterocycles. The van der Waals surface area contributed by atoms with Crippen LogP contribution in [0.5, 0.6) is 11.5 Å². The summed E-state index contributed by atoms with van der Waals surface area (Å²) in [6.07, 6.45) is 0. The van der Waals surface area contributed by atoms with E-state index in [4.69, 9.17) is 13.9 Å². The third-order valence-corrected chi connectivity index (χ3v) is 4.88. The summed E-state index contributed by atoms with van der Waals surface area (Å²) in [5.41, 5.74) is 0.0764. The number of carbonyl (C=O) groups is 1. The molecule has 0 saturated heterocycles. The van der Waals surface area contributed by atoms with Crippen LogP contribution in [-0.4, -0.2) is 35.6 Å². The normalized spacial score (nSPS) is 11.8. The maximum atomic E-state index is 13.7. The highest BCUT2D eigenvalue weighted by atomic mass is 32.2. The molecule has 1 amide bonds. The fraction of sp³-hybridized carbons (Fsp3) is 0.211. The number of anilines is 1. The van der Waals surface area contributed by atoms with Gasteiger partial charge in [0.2, 0.25) is 11.8 Å². The molecule has 3 rings (SSSR count). The van der Waals surface area contributed by atoms with Crippen LogP contribution in [0.4, 0.5) is 18.9 Å². The molecule has 0 saturated carbocycles. The van der Waals surface area contributed by atoms with E-state index in [1.807, 2.05) is 0 Å². The average Bonchev–Trinajstić information content (AvgIpc) is 3.22. The minimum absolute atomic E-state index is 0.0835. The second kappa shape index (κ2) is 9.08. The smallest absolute Gasteiger partial charge is 0.277 e. The largest absolute Gasteiger partial charge is 0.497 e. The predicted molar refractivity (Wildman–Crippen MR) is 103 cm³/mol. The minimum Gasteiger partial charge on any atom is -0.497 e. The van der Waals surface area contributed by atoms with Crippen molar-refractivity contribution in [3.8, 4) is 23.0 Å². The number of halogens is 3. The second-order valence-corrected chi connectivity index (χ2v) is 7.24. The van der Waals surface area contributed by atoms with E-state index in [1.165, 1.54) is 21.1 Å². The Morgan fingerprint density at radius 2 is 1.73 bits per heavy atom. The molecule has 3 aromatic rings. The van der Waals surface area contributed by atoms with E-state index in [0.717, 1.165) is 23.9 Å². The maximum Gasteiger partial charge on any atom is 0.277 e. The first-order valence-corrected chi connectivity index (χ1v) is 9.38. The molecule has 30 heavy (non-hydrogen) atoms. The third-order valence-electron chi connectivity index (χ3n) is 3.94. The zero-order valence-electron chi connectivity index (χ0n) is 16.0. The maximum absolute atomic E-state index is 13.7. The number of aromatic nitrogens is 2. The highest BCUT2D eigenvalue weighted by Crippen LogP contribution is 2.31. The highest BCUT2D eigenvalue weighted by Gasteiger charge is 2.22. The van der Waals surface area contributed by atoms with Crippen molar-refractivity contribution in [2.24, 2.45) is 0 Å². The van der Waals surface area contributed by atoms with Gasteiger partial charge < -0.3 is 19.2 Å². The van der Waals surface area contributed by atoms with Crippen LogP contribution in [0, 0.1) is 17.5 Å². The molecule has 158 valence electrons. The van der Waals surface area contributed by atoms with Gasteiger partial charge in [0.05, 0.1) is 25.2 Å². The van der Waals surface area contributed by atoms with Crippen molar-refractivity contribution in [2.45, 2.75) is 17.4 Å². The van der Waals surface area contributed by atoms with Crippen molar-refractivity contribution >= 4 is 23.4 Å². The molecule has 1 N–H and O–H groups in total. The van der Waals surface area contributed by atoms with Crippen LogP contribution in [0.3, 0.4) is 0 Å². The molecule has 0 aliphatic carbocycles. The Kier molecular flexibility index (Phi) is 6.50. The molecule has 0 radical (unpaired) electrons. The summed E-state index contributed by atoms with van der Waals surface area (Å²) in [5, 5.41) is 9.30. The van der Waals surface area contributed by atoms with Gasteiger partial charge in [0.15, 0.2) is 17.5 Å². The van der Waals surface area contributed by atoms with Gasteiger partial charge in [-0.25, -0.2) is 13.2 Å². The van der Waals surface area contributed by atoms with E-state index in [1.54, 1.807) is 18.2 Å². The number of benzene rings is 2. The molecule has 0 spiro atoms. The number of thioether (sulfide) groups is 1. The van der Waals surface area contributed by atoms with Gasteiger partial charge in [-0.05, 0) is 31.2 Å². The number of methoxy groups -OCH3 is 2. The lowest BCUT2D eigenvalue weighted by Gasteiger charge is -2.11. The SMILES string of the molecule is COc1cc(OC)cc(-c2nnc(SC(C)C(=O)Nc3ccc(F)c(F)c3F)o2)c1. The van der Waals surface area contributed by atoms with Crippen LogP contribution in [0.1, 0.15) is 6.92 Å². The number of carbonyl (C=O) groups excluding carboxylic acids is 1. The van der Waals surface area contributed by atoms with Crippen molar-refractivity contribution in [2.75, 3.05) is 19.5 Å². The molecule has 7 nitrogen and oxygen atoms in total. The zero-order chi connectivity index (χ0) is 21.8. The predicted octanol–water partition coefficient (Wildman–Crippen LogP) is 4.29. The Bertz CT molecular complexity index is 1050. The van der Waals surface area contributed by atoms with E-state index in [0.29, 0.717) is 17.1 Å². The lowest BCUT2D eigenvalue weighted by molar-refractivity contribution is -0.115. The summed E-state index contributed by atoms with van der Waals surface area (Å²) in [4.78, 5) is 12.3. The summed E-state index contributed by atoms with van der Waals surface area (Å²) in [6, 6.07) is 6.68. The first kappa shape index (κ1) is 21.5. The van der Waals surface area contributed by atoms with Gasteiger partial charge in [0.25, 0.3) is 5.22 Å². The van der Waals surface area contributed by atoms with Crippen LogP contribution in [-0.2, 0) is 4.79 Å². The van der Waals surface area contributed by atoms with E-state index >= 15 is 0 Å². The molecular formula is C19H16F3N3O4S. The number of nitrogens with zero attached hydrogens (tertiary/aromatic N) is 2. The summed E-state index contributed by atoms with van der Waals surface area (Å²) >= 11 is 0.914. The Morgan fingerprint density at radius 3 is 2.37 bits per heavy atom. The fourth-order valence-corrected chi connectivity index (χ4v) is 3.05. The molecule has 1 unspecified atom stereocenters. The first-order chi connectivity index (χ1) is 14.3. The van der Waals surface area contributed by atoms with Crippen molar-refractivity contribution in [1.29, 1.82) is 0 Å². The first-order valence-electron chi connectivity index (χ1n) is 8.50. The number of hydrogen-bond donors (Lipinski definition) is 1. The van der Waals surface area contributed by atoms with E-state index in [-0.39, 0.29) is 11.1 Å². The quantitative estimate of drug-likeness (QED) is 0.434. The van der Waals surface area contributed by atoms with E-state index in [2.05, 4.69) is 15.5 Å². The van der Waals surface area contributed by atoms with Crippen molar-refractivity contribution < 1.29 is 31.9 Å². The minimum atomic E-state index is -1.66. The number of nitrogens with one attached hydrogen (secondary N) is 1. The lowest BCUT2D eigenvalue weighted by Crippen LogP contribution is -2.23. The molecular weight excluding hydrogens is 423 g/mol. The summed E-state index contributed by atoms with van der Waals surface area (Å²) < 4.78 is 56.0. The van der Waals surface area contributed by atoms with Crippen molar-refractivity contribution in [3.63, 3.8) is 0 Å². The molecule has 0 aliphatic heterocycles. The van der Waals surface area contributed by atoms with Gasteiger partial charge in [0.1, 0.15) is 11.5 Å². The van der Waals surface area contributed by atoms with Gasteiger partial charge >= 0.3 is 0 Å². The number of hydrogen-bond acceptors (Lipinski definition) is 7. The van der Waals surface area contributed by atoms with Crippen LogP contribution in [0.2, 0.25) is 0 Å². The fourth-order valence-electron chi connectivity index (χ4n) is 2.37. The van der Waals surface area contributed by atoms with Gasteiger partial charge in [-0.15, -0.1) is 10.2 Å². The van der Waals surface area contributed by atoms with Crippen LogP contribution in [0.15, 0.2) is 40.0 Å². The van der Waals surface area contributed by atoms with Gasteiger partial charge in [0, 0.05) is 11.6 Å². The Labute approximate surface area is 173 Å². The number of rotatable bonds is 7. The lowest BCUT2D eigenvalue weighted by atomic mass is 10.2. The summed E-state index contributed by atoms with van der Waals surface area (Å²) in [6.45, 7) is 1.51. The Morgan fingerprint density at radius 1 is 1.07 bits per heavy atom. The molecule has 11 heteroatoms. The highest BCUT2D eigenvalue weighted by molar-refractivity contribution is 8.00. The number of ether oxygens (including phenoxy) is 2. The second-order valence-electron chi connectivity index (χ2n) is 5.95. The number of amides is 1. The molecule has 1 heterocycles. The standard InChI is InChI=1S/C19H16F3N3O4S/c1-9(17(26)23-14-5-4-13(20)15(21)16(14)22)30-19-25-24-18(29-19)10-6-11(27-2)8-12(7-10)28-3/h4-9H,1-3H3,(H,23,26). The van der Waals surface area contributed by atoms with Crippen LogP contribution < -0.4 is 14.8 Å². The third kappa shape index (κ3) is 4.67. The Hall–Kier alpha value is -3.21. The van der Waals surface area contributed by atoms with Crippen LogP contribution >= 0.6 is 11.8 Å². The summed E-state index contributed by atoms with van der Waals surface area (Å²) in [7, 11) is 3.01. The molecule has 2 aromatic carbocycles. The Balaban J connectivity index is 1.71. The zero-order valence-corrected chi connectivity index (χ0v) is 16.9. The average molecular weight is 439 g/mol. The summed E-state index contributed by atoms with van der Waals surface area (Å²) in [5.74, 6) is -3.92. The van der Waals surface area contributed by atoms with Crippen molar-refractivity contribution in [3.05, 3.63) is 47.8 Å². The molecule has 0 fully saturated rings.